The summed E-state index contributed by atoms with van der Waals surface area (Å²) in [5, 5.41) is 12.8. The summed E-state index contributed by atoms with van der Waals surface area (Å²) in [7, 11) is 0. The van der Waals surface area contributed by atoms with Crippen molar-refractivity contribution in [3.63, 3.8) is 0 Å². The highest BCUT2D eigenvalue weighted by atomic mass is 16.5. The van der Waals surface area contributed by atoms with Gasteiger partial charge in [0.2, 0.25) is 11.8 Å². The van der Waals surface area contributed by atoms with Gasteiger partial charge >= 0.3 is 5.97 Å². The van der Waals surface area contributed by atoms with Crippen LogP contribution in [0.2, 0.25) is 0 Å². The van der Waals surface area contributed by atoms with E-state index in [9.17, 15) is 19.5 Å². The largest absolute Gasteiger partial charge is 0.466 e. The monoisotopic (exact) mass is 450 g/mol. The standard InChI is InChI=1S/C25H42N2O5/c1-8-10-16-11-12-17-19(18(16)23(31)32-9-2)22(30)27(13-14-28)20(17)21(29)26-25(6,7)15-24(3,4)5/h11-12,16-20,28H,8-10,13-15H2,1-7H3,(H,26,29)/t16-,17+,18-,19+,20+/m1/s1. The van der Waals surface area contributed by atoms with Gasteiger partial charge in [0.1, 0.15) is 6.04 Å². The molecule has 2 rings (SSSR count). The molecule has 0 radical (unpaired) electrons. The Morgan fingerprint density at radius 1 is 1.16 bits per heavy atom. The van der Waals surface area contributed by atoms with Crippen molar-refractivity contribution >= 4 is 17.8 Å². The van der Waals surface area contributed by atoms with E-state index in [0.717, 1.165) is 19.3 Å². The lowest BCUT2D eigenvalue weighted by Crippen LogP contribution is -2.54. The van der Waals surface area contributed by atoms with Crippen LogP contribution in [0.15, 0.2) is 12.2 Å². The van der Waals surface area contributed by atoms with Crippen LogP contribution in [0.1, 0.15) is 67.7 Å². The van der Waals surface area contributed by atoms with Crippen LogP contribution in [0.5, 0.6) is 0 Å². The Balaban J connectivity index is 2.41. The van der Waals surface area contributed by atoms with E-state index in [2.05, 4.69) is 26.1 Å². The minimum Gasteiger partial charge on any atom is -0.466 e. The number of hydrogen-bond donors (Lipinski definition) is 2. The number of β-amino-alcohol motifs (C(OH)–C–C–N with tert-alkyl or cyclic N) is 1. The van der Waals surface area contributed by atoms with Gasteiger partial charge in [0.05, 0.1) is 25.0 Å². The Bertz CT molecular complexity index is 724. The predicted octanol–water partition coefficient (Wildman–Crippen LogP) is 2.92. The molecule has 7 heteroatoms. The Labute approximate surface area is 192 Å². The van der Waals surface area contributed by atoms with E-state index in [-0.39, 0.29) is 48.9 Å². The number of rotatable bonds is 9. The van der Waals surface area contributed by atoms with Crippen molar-refractivity contribution in [2.75, 3.05) is 19.8 Å². The minimum absolute atomic E-state index is 0.0166. The number of carbonyl (C=O) groups excluding carboxylic acids is 3. The van der Waals surface area contributed by atoms with Crippen molar-refractivity contribution in [2.24, 2.45) is 29.1 Å². The SMILES string of the molecule is CCC[C@@H]1C=C[C@H]2[C@H](C(=O)N(CCO)[C@@H]2C(=O)NC(C)(C)CC(C)(C)C)[C@@H]1C(=O)OCC. The van der Waals surface area contributed by atoms with Crippen molar-refractivity contribution in [3.05, 3.63) is 12.2 Å². The summed E-state index contributed by atoms with van der Waals surface area (Å²) in [6, 6.07) is -0.755. The smallest absolute Gasteiger partial charge is 0.310 e. The van der Waals surface area contributed by atoms with E-state index in [1.165, 1.54) is 4.90 Å². The van der Waals surface area contributed by atoms with Crippen molar-refractivity contribution in [1.29, 1.82) is 0 Å². The Morgan fingerprint density at radius 3 is 2.34 bits per heavy atom. The molecule has 7 nitrogen and oxygen atoms in total. The van der Waals surface area contributed by atoms with E-state index in [0.29, 0.717) is 0 Å². The summed E-state index contributed by atoms with van der Waals surface area (Å²) in [4.78, 5) is 41.4. The Hall–Kier alpha value is -1.89. The fraction of sp³-hybridized carbons (Fsp3) is 0.800. The fourth-order valence-corrected chi connectivity index (χ4v) is 5.79. The van der Waals surface area contributed by atoms with Crippen molar-refractivity contribution < 1.29 is 24.2 Å². The van der Waals surface area contributed by atoms with Gasteiger partial charge in [-0.25, -0.2) is 0 Å². The van der Waals surface area contributed by atoms with Crippen LogP contribution in [0, 0.1) is 29.1 Å². The van der Waals surface area contributed by atoms with Crippen molar-refractivity contribution in [1.82, 2.24) is 10.2 Å². The molecule has 1 fully saturated rings. The molecule has 1 aliphatic carbocycles. The number of carbonyl (C=O) groups is 3. The third kappa shape index (κ3) is 5.91. The second-order valence-corrected chi connectivity index (χ2v) is 11.0. The molecule has 1 aliphatic heterocycles. The number of fused-ring (bicyclic) bond motifs is 1. The van der Waals surface area contributed by atoms with Gasteiger partial charge in [0, 0.05) is 18.0 Å². The van der Waals surface area contributed by atoms with Crippen LogP contribution in [0.25, 0.3) is 0 Å². The van der Waals surface area contributed by atoms with Gasteiger partial charge in [-0.3, -0.25) is 14.4 Å². The van der Waals surface area contributed by atoms with E-state index in [4.69, 9.17) is 4.74 Å². The number of nitrogens with zero attached hydrogens (tertiary/aromatic N) is 1. The van der Waals surface area contributed by atoms with Crippen LogP contribution in [0.3, 0.4) is 0 Å². The number of esters is 1. The summed E-state index contributed by atoms with van der Waals surface area (Å²) in [6.45, 7) is 14.2. The molecule has 0 bridgehead atoms. The molecule has 2 aliphatic rings. The molecular formula is C25H42N2O5. The quantitative estimate of drug-likeness (QED) is 0.416. The topological polar surface area (TPSA) is 95.9 Å². The fourth-order valence-electron chi connectivity index (χ4n) is 5.79. The first-order chi connectivity index (χ1) is 14.9. The number of ether oxygens (including phenoxy) is 1. The highest BCUT2D eigenvalue weighted by Crippen LogP contribution is 2.45. The van der Waals surface area contributed by atoms with Crippen LogP contribution in [0.4, 0.5) is 0 Å². The first kappa shape index (κ1) is 26.4. The van der Waals surface area contributed by atoms with Gasteiger partial charge in [0.25, 0.3) is 0 Å². The highest BCUT2D eigenvalue weighted by molar-refractivity contribution is 5.96. The van der Waals surface area contributed by atoms with Gasteiger partial charge in [0.15, 0.2) is 0 Å². The molecule has 2 amide bonds. The first-order valence-electron chi connectivity index (χ1n) is 11.9. The lowest BCUT2D eigenvalue weighted by atomic mass is 9.68. The molecule has 32 heavy (non-hydrogen) atoms. The second-order valence-electron chi connectivity index (χ2n) is 11.0. The molecule has 2 N–H and O–H groups in total. The lowest BCUT2D eigenvalue weighted by molar-refractivity contribution is -0.155. The molecule has 0 aromatic carbocycles. The molecule has 182 valence electrons. The van der Waals surface area contributed by atoms with Crippen LogP contribution in [-0.4, -0.2) is 59.1 Å². The average Bonchev–Trinajstić information content (AvgIpc) is 2.92. The number of likely N-dealkylation sites (tertiary alicyclic amines) is 1. The van der Waals surface area contributed by atoms with Crippen LogP contribution >= 0.6 is 0 Å². The summed E-state index contributed by atoms with van der Waals surface area (Å²) in [6.07, 6.45) is 6.34. The van der Waals surface area contributed by atoms with E-state index in [1.54, 1.807) is 6.92 Å². The zero-order chi connectivity index (χ0) is 24.3. The van der Waals surface area contributed by atoms with E-state index >= 15 is 0 Å². The summed E-state index contributed by atoms with van der Waals surface area (Å²) >= 11 is 0. The van der Waals surface area contributed by atoms with Gasteiger partial charge in [-0.1, -0.05) is 46.3 Å². The number of hydrogen-bond acceptors (Lipinski definition) is 5. The zero-order valence-corrected chi connectivity index (χ0v) is 20.8. The second kappa shape index (κ2) is 10.4. The van der Waals surface area contributed by atoms with Gasteiger partial charge in [-0.15, -0.1) is 0 Å². The van der Waals surface area contributed by atoms with Gasteiger partial charge < -0.3 is 20.1 Å². The number of aliphatic hydroxyl groups is 1. The highest BCUT2D eigenvalue weighted by Gasteiger charge is 2.57. The molecular weight excluding hydrogens is 408 g/mol. The van der Waals surface area contributed by atoms with Crippen LogP contribution < -0.4 is 5.32 Å². The molecule has 0 saturated carbocycles. The van der Waals surface area contributed by atoms with Gasteiger partial charge in [-0.2, -0.15) is 0 Å². The Kier molecular flexibility index (Phi) is 8.54. The Morgan fingerprint density at radius 2 is 1.81 bits per heavy atom. The normalized spacial score (nSPS) is 27.9. The van der Waals surface area contributed by atoms with E-state index < -0.39 is 29.3 Å². The summed E-state index contributed by atoms with van der Waals surface area (Å²) in [5.41, 5.74) is -0.451. The summed E-state index contributed by atoms with van der Waals surface area (Å²) in [5.74, 6) is -2.66. The number of allylic oxidation sites excluding steroid dienone is 1. The van der Waals surface area contributed by atoms with Crippen molar-refractivity contribution in [2.45, 2.75) is 79.3 Å². The molecule has 0 unspecified atom stereocenters. The molecule has 0 aromatic heterocycles. The van der Waals surface area contributed by atoms with Crippen LogP contribution in [-0.2, 0) is 19.1 Å². The maximum absolute atomic E-state index is 13.5. The maximum Gasteiger partial charge on any atom is 0.310 e. The van der Waals surface area contributed by atoms with Gasteiger partial charge in [-0.05, 0) is 44.9 Å². The predicted molar refractivity (Wildman–Crippen MR) is 124 cm³/mol. The third-order valence-corrected chi connectivity index (χ3v) is 6.34. The molecule has 5 atom stereocenters. The minimum atomic E-state index is -0.755. The molecule has 1 saturated heterocycles. The third-order valence-electron chi connectivity index (χ3n) is 6.34. The number of nitrogens with one attached hydrogen (secondary N) is 1. The molecule has 0 spiro atoms. The number of aliphatic hydroxyl groups excluding tert-OH is 1. The molecule has 1 heterocycles. The number of amides is 2. The maximum atomic E-state index is 13.5. The average molecular weight is 451 g/mol. The van der Waals surface area contributed by atoms with E-state index in [1.807, 2.05) is 32.9 Å². The van der Waals surface area contributed by atoms with Crippen molar-refractivity contribution in [3.8, 4) is 0 Å². The molecule has 0 aromatic rings. The zero-order valence-electron chi connectivity index (χ0n) is 20.8. The summed E-state index contributed by atoms with van der Waals surface area (Å²) < 4.78 is 5.35. The lowest BCUT2D eigenvalue weighted by Gasteiger charge is -2.37. The first-order valence-corrected chi connectivity index (χ1v) is 11.9.